The molecule has 6 nitrogen and oxygen atoms in total. The predicted octanol–water partition coefficient (Wildman–Crippen LogP) is 4.30. The number of carbonyl (C=O) groups is 2. The Morgan fingerprint density at radius 3 is 2.60 bits per heavy atom. The second-order valence-electron chi connectivity index (χ2n) is 7.15. The molecule has 0 saturated heterocycles. The molecule has 1 heterocycles. The second-order valence-corrected chi connectivity index (χ2v) is 7.15. The van der Waals surface area contributed by atoms with Crippen LogP contribution >= 0.6 is 0 Å². The molecule has 0 spiro atoms. The van der Waals surface area contributed by atoms with Crippen LogP contribution in [0.3, 0.4) is 0 Å². The maximum Gasteiger partial charge on any atom is 0.266 e. The first-order valence-electron chi connectivity index (χ1n) is 9.71. The van der Waals surface area contributed by atoms with E-state index in [2.05, 4.69) is 10.6 Å². The molecule has 1 unspecified atom stereocenters. The molecule has 1 aliphatic heterocycles. The Bertz CT molecular complexity index is 1050. The fourth-order valence-electron chi connectivity index (χ4n) is 3.15. The van der Waals surface area contributed by atoms with Crippen molar-refractivity contribution in [3.8, 4) is 11.5 Å². The van der Waals surface area contributed by atoms with Crippen molar-refractivity contribution < 1.29 is 19.1 Å². The van der Waals surface area contributed by atoms with Crippen molar-refractivity contribution >= 4 is 23.2 Å². The van der Waals surface area contributed by atoms with Gasteiger partial charge in [-0.05, 0) is 54.4 Å². The zero-order chi connectivity index (χ0) is 20.9. The lowest BCUT2D eigenvalue weighted by atomic mass is 10.1. The van der Waals surface area contributed by atoms with Gasteiger partial charge in [-0.15, -0.1) is 0 Å². The van der Waals surface area contributed by atoms with E-state index >= 15 is 0 Å². The average molecular weight is 402 g/mol. The summed E-state index contributed by atoms with van der Waals surface area (Å²) in [5.74, 6) is 0.647. The largest absolute Gasteiger partial charge is 0.489 e. The minimum atomic E-state index is -0.867. The Morgan fingerprint density at radius 1 is 1.07 bits per heavy atom. The van der Waals surface area contributed by atoms with Gasteiger partial charge in [-0.3, -0.25) is 9.59 Å². The zero-order valence-corrected chi connectivity index (χ0v) is 16.6. The van der Waals surface area contributed by atoms with Gasteiger partial charge in [0.1, 0.15) is 18.1 Å². The normalized spacial score (nSPS) is 14.8. The van der Waals surface area contributed by atoms with Gasteiger partial charge in [0, 0.05) is 5.69 Å². The lowest BCUT2D eigenvalue weighted by molar-refractivity contribution is -0.128. The van der Waals surface area contributed by atoms with Gasteiger partial charge in [-0.25, -0.2) is 0 Å². The van der Waals surface area contributed by atoms with E-state index in [0.717, 1.165) is 11.1 Å². The van der Waals surface area contributed by atoms with Crippen LogP contribution in [0.5, 0.6) is 11.5 Å². The number of ether oxygens (including phenoxy) is 2. The highest BCUT2D eigenvalue weighted by molar-refractivity contribution is 6.02. The van der Waals surface area contributed by atoms with Crippen molar-refractivity contribution in [1.29, 1.82) is 0 Å². The quantitative estimate of drug-likeness (QED) is 0.644. The summed E-state index contributed by atoms with van der Waals surface area (Å²) in [6.45, 7) is 2.41. The van der Waals surface area contributed by atoms with Gasteiger partial charge in [0.2, 0.25) is 5.91 Å². The second kappa shape index (κ2) is 8.69. The van der Waals surface area contributed by atoms with Crippen LogP contribution in [0.4, 0.5) is 11.4 Å². The summed E-state index contributed by atoms with van der Waals surface area (Å²) in [4.78, 5) is 24.6. The summed E-state index contributed by atoms with van der Waals surface area (Å²) in [6.07, 6.45) is -0.945. The van der Waals surface area contributed by atoms with Crippen LogP contribution in [-0.2, 0) is 16.2 Å². The molecule has 2 N–H and O–H groups in total. The number of carbonyl (C=O) groups excluding carboxylic acids is 2. The summed E-state index contributed by atoms with van der Waals surface area (Å²) in [5.41, 5.74) is 3.35. The first kappa shape index (κ1) is 19.5. The molecule has 3 aromatic rings. The number of fused-ring (bicyclic) bond motifs is 1. The maximum atomic E-state index is 12.4. The molecule has 0 bridgehead atoms. The fraction of sp³-hybridized carbons (Fsp3) is 0.167. The average Bonchev–Trinajstić information content (AvgIpc) is 2.75. The number of aryl methyl sites for hydroxylation is 1. The molecular formula is C24H22N2O4. The molecule has 1 atom stereocenters. The van der Waals surface area contributed by atoms with Gasteiger partial charge in [0.05, 0.1) is 12.1 Å². The molecule has 0 aliphatic carbocycles. The van der Waals surface area contributed by atoms with Gasteiger partial charge in [-0.2, -0.15) is 0 Å². The molecule has 152 valence electrons. The molecule has 6 heteroatoms. The molecule has 0 aromatic heterocycles. The van der Waals surface area contributed by atoms with Crippen molar-refractivity contribution in [2.24, 2.45) is 0 Å². The van der Waals surface area contributed by atoms with E-state index in [9.17, 15) is 9.59 Å². The van der Waals surface area contributed by atoms with Crippen molar-refractivity contribution in [1.82, 2.24) is 0 Å². The first-order valence-corrected chi connectivity index (χ1v) is 9.71. The lowest BCUT2D eigenvalue weighted by Gasteiger charge is -2.25. The zero-order valence-electron chi connectivity index (χ0n) is 16.6. The third kappa shape index (κ3) is 4.78. The number of anilines is 2. The molecule has 0 saturated carbocycles. The number of amides is 2. The van der Waals surface area contributed by atoms with Crippen molar-refractivity contribution in [2.45, 2.75) is 26.1 Å². The summed E-state index contributed by atoms with van der Waals surface area (Å²) in [6, 6.07) is 22.5. The fourth-order valence-corrected chi connectivity index (χ4v) is 3.15. The summed E-state index contributed by atoms with van der Waals surface area (Å²) < 4.78 is 11.5. The van der Waals surface area contributed by atoms with Crippen LogP contribution < -0.4 is 20.1 Å². The Balaban J connectivity index is 1.30. The van der Waals surface area contributed by atoms with Crippen LogP contribution in [0, 0.1) is 6.92 Å². The van der Waals surface area contributed by atoms with Gasteiger partial charge >= 0.3 is 0 Å². The maximum absolute atomic E-state index is 12.4. The third-order valence-corrected chi connectivity index (χ3v) is 4.71. The van der Waals surface area contributed by atoms with Gasteiger partial charge in [0.25, 0.3) is 5.91 Å². The van der Waals surface area contributed by atoms with Crippen LogP contribution in [-0.4, -0.2) is 17.9 Å². The number of rotatable bonds is 6. The Kier molecular flexibility index (Phi) is 5.66. The molecule has 0 fully saturated rings. The van der Waals surface area contributed by atoms with E-state index in [4.69, 9.17) is 9.47 Å². The van der Waals surface area contributed by atoms with E-state index in [1.54, 1.807) is 30.3 Å². The first-order chi connectivity index (χ1) is 14.6. The van der Waals surface area contributed by atoms with Crippen LogP contribution in [0.1, 0.15) is 17.5 Å². The van der Waals surface area contributed by atoms with E-state index in [1.807, 2.05) is 49.4 Å². The molecule has 0 radical (unpaired) electrons. The summed E-state index contributed by atoms with van der Waals surface area (Å²) in [5, 5.41) is 5.58. The predicted molar refractivity (Wildman–Crippen MR) is 115 cm³/mol. The van der Waals surface area contributed by atoms with Gasteiger partial charge in [-0.1, -0.05) is 36.4 Å². The number of hydrogen-bond acceptors (Lipinski definition) is 4. The SMILES string of the molecule is Cc1ccc2c(c1)NC(=O)C(CC(=O)Nc1ccc(OCc3ccccc3)cc1)O2. The number of nitrogens with one attached hydrogen (secondary N) is 2. The molecule has 1 aliphatic rings. The minimum absolute atomic E-state index is 0.0780. The Hall–Kier alpha value is -3.80. The highest BCUT2D eigenvalue weighted by atomic mass is 16.5. The highest BCUT2D eigenvalue weighted by Gasteiger charge is 2.29. The molecule has 3 aromatic carbocycles. The van der Waals surface area contributed by atoms with Crippen molar-refractivity contribution in [3.63, 3.8) is 0 Å². The lowest BCUT2D eigenvalue weighted by Crippen LogP contribution is -2.39. The van der Waals surface area contributed by atoms with Crippen LogP contribution in [0.15, 0.2) is 72.8 Å². The topological polar surface area (TPSA) is 76.7 Å². The summed E-state index contributed by atoms with van der Waals surface area (Å²) >= 11 is 0. The molecule has 2 amide bonds. The summed E-state index contributed by atoms with van der Waals surface area (Å²) in [7, 11) is 0. The van der Waals surface area contributed by atoms with Gasteiger partial charge < -0.3 is 20.1 Å². The highest BCUT2D eigenvalue weighted by Crippen LogP contribution is 2.31. The Labute approximate surface area is 174 Å². The minimum Gasteiger partial charge on any atom is -0.489 e. The van der Waals surface area contributed by atoms with Gasteiger partial charge in [0.15, 0.2) is 6.10 Å². The standard InChI is InChI=1S/C24H22N2O4/c1-16-7-12-21-20(13-16)26-24(28)22(30-21)14-23(27)25-18-8-10-19(11-9-18)29-15-17-5-3-2-4-6-17/h2-13,22H,14-15H2,1H3,(H,25,27)(H,26,28). The van der Waals surface area contributed by atoms with E-state index in [1.165, 1.54) is 0 Å². The third-order valence-electron chi connectivity index (χ3n) is 4.71. The van der Waals surface area contributed by atoms with Crippen LogP contribution in [0.2, 0.25) is 0 Å². The van der Waals surface area contributed by atoms with Crippen molar-refractivity contribution in [2.75, 3.05) is 10.6 Å². The molecular weight excluding hydrogens is 380 g/mol. The molecule has 4 rings (SSSR count). The molecule has 30 heavy (non-hydrogen) atoms. The monoisotopic (exact) mass is 402 g/mol. The van der Waals surface area contributed by atoms with Crippen LogP contribution in [0.25, 0.3) is 0 Å². The van der Waals surface area contributed by atoms with E-state index < -0.39 is 6.10 Å². The van der Waals surface area contributed by atoms with E-state index in [0.29, 0.717) is 29.5 Å². The Morgan fingerprint density at radius 2 is 1.83 bits per heavy atom. The number of benzene rings is 3. The smallest absolute Gasteiger partial charge is 0.266 e. The van der Waals surface area contributed by atoms with Crippen molar-refractivity contribution in [3.05, 3.63) is 83.9 Å². The van der Waals surface area contributed by atoms with E-state index in [-0.39, 0.29) is 18.2 Å². The number of hydrogen-bond donors (Lipinski definition) is 2.